The van der Waals surface area contributed by atoms with Crippen molar-refractivity contribution in [2.24, 2.45) is 0 Å². The SMILES string of the molecule is COc1ccc(-n2nc(-c3ccc(OC)c(CCC(=O)O)c3OC)cc2-c2ccc(Cl)cc2)cc1. The summed E-state index contributed by atoms with van der Waals surface area (Å²) in [4.78, 5) is 11.2. The van der Waals surface area contributed by atoms with Crippen LogP contribution in [0.5, 0.6) is 17.2 Å². The van der Waals surface area contributed by atoms with E-state index in [9.17, 15) is 9.90 Å². The molecule has 1 N–H and O–H groups in total. The molecular weight excluding hydrogens is 468 g/mol. The number of carboxylic acids is 1. The molecule has 8 heteroatoms. The first kappa shape index (κ1) is 24.2. The number of methoxy groups -OCH3 is 3. The number of nitrogens with zero attached hydrogens (tertiary/aromatic N) is 2. The van der Waals surface area contributed by atoms with E-state index < -0.39 is 5.97 Å². The molecule has 4 aromatic rings. The first-order chi connectivity index (χ1) is 16.9. The lowest BCUT2D eigenvalue weighted by Gasteiger charge is -2.15. The van der Waals surface area contributed by atoms with Gasteiger partial charge >= 0.3 is 5.97 Å². The molecule has 0 aliphatic carbocycles. The van der Waals surface area contributed by atoms with Crippen LogP contribution in [0.15, 0.2) is 66.7 Å². The number of hydrogen-bond donors (Lipinski definition) is 1. The average molecular weight is 493 g/mol. The van der Waals surface area contributed by atoms with Crippen LogP contribution in [0.3, 0.4) is 0 Å². The Morgan fingerprint density at radius 2 is 1.66 bits per heavy atom. The van der Waals surface area contributed by atoms with Gasteiger partial charge in [-0.25, -0.2) is 4.68 Å². The van der Waals surface area contributed by atoms with Crippen molar-refractivity contribution in [3.05, 3.63) is 77.3 Å². The van der Waals surface area contributed by atoms with Crippen molar-refractivity contribution in [1.82, 2.24) is 9.78 Å². The Morgan fingerprint density at radius 1 is 0.943 bits per heavy atom. The van der Waals surface area contributed by atoms with Crippen LogP contribution in [0, 0.1) is 0 Å². The maximum absolute atomic E-state index is 11.2. The Morgan fingerprint density at radius 3 is 2.26 bits per heavy atom. The molecule has 0 radical (unpaired) electrons. The fourth-order valence-electron chi connectivity index (χ4n) is 3.96. The zero-order valence-electron chi connectivity index (χ0n) is 19.6. The summed E-state index contributed by atoms with van der Waals surface area (Å²) in [6.07, 6.45) is 0.214. The van der Waals surface area contributed by atoms with Crippen LogP contribution in [0.2, 0.25) is 5.02 Å². The number of rotatable bonds is 9. The molecule has 180 valence electrons. The fourth-order valence-corrected chi connectivity index (χ4v) is 4.09. The normalized spacial score (nSPS) is 10.7. The molecule has 4 rings (SSSR count). The van der Waals surface area contributed by atoms with Crippen molar-refractivity contribution in [2.75, 3.05) is 21.3 Å². The highest BCUT2D eigenvalue weighted by Crippen LogP contribution is 2.40. The number of halogens is 1. The third-order valence-electron chi connectivity index (χ3n) is 5.67. The second-order valence-corrected chi connectivity index (χ2v) is 8.19. The van der Waals surface area contributed by atoms with Crippen molar-refractivity contribution >= 4 is 17.6 Å². The molecule has 7 nitrogen and oxygen atoms in total. The summed E-state index contributed by atoms with van der Waals surface area (Å²) in [5.41, 5.74) is 4.72. The summed E-state index contributed by atoms with van der Waals surface area (Å²) in [6, 6.07) is 20.8. The monoisotopic (exact) mass is 492 g/mol. The molecule has 0 fully saturated rings. The molecular formula is C27H25ClN2O5. The molecule has 0 spiro atoms. The maximum atomic E-state index is 11.2. The van der Waals surface area contributed by atoms with E-state index in [2.05, 4.69) is 0 Å². The highest BCUT2D eigenvalue weighted by atomic mass is 35.5. The van der Waals surface area contributed by atoms with Gasteiger partial charge in [0.05, 0.1) is 38.4 Å². The van der Waals surface area contributed by atoms with Crippen molar-refractivity contribution in [2.45, 2.75) is 12.8 Å². The van der Waals surface area contributed by atoms with Gasteiger partial charge in [-0.1, -0.05) is 23.7 Å². The number of aromatic nitrogens is 2. The first-order valence-electron chi connectivity index (χ1n) is 10.9. The molecule has 0 aliphatic rings. The second-order valence-electron chi connectivity index (χ2n) is 7.75. The van der Waals surface area contributed by atoms with Crippen molar-refractivity contribution in [3.8, 4) is 45.5 Å². The van der Waals surface area contributed by atoms with Crippen LogP contribution in [0.25, 0.3) is 28.2 Å². The van der Waals surface area contributed by atoms with Crippen LogP contribution in [-0.2, 0) is 11.2 Å². The number of carboxylic acid groups (broad SMARTS) is 1. The van der Waals surface area contributed by atoms with Crippen molar-refractivity contribution < 1.29 is 24.1 Å². The Bertz CT molecular complexity index is 1330. The van der Waals surface area contributed by atoms with Gasteiger partial charge in [0.1, 0.15) is 17.2 Å². The summed E-state index contributed by atoms with van der Waals surface area (Å²) in [5, 5.41) is 14.8. The minimum Gasteiger partial charge on any atom is -0.497 e. The predicted molar refractivity (Wildman–Crippen MR) is 135 cm³/mol. The van der Waals surface area contributed by atoms with Crippen molar-refractivity contribution in [3.63, 3.8) is 0 Å². The summed E-state index contributed by atoms with van der Waals surface area (Å²) >= 11 is 6.12. The number of carbonyl (C=O) groups is 1. The van der Waals surface area contributed by atoms with Gasteiger partial charge in [-0.2, -0.15) is 5.10 Å². The van der Waals surface area contributed by atoms with Crippen molar-refractivity contribution in [1.29, 1.82) is 0 Å². The molecule has 1 heterocycles. The van der Waals surface area contributed by atoms with Gasteiger partial charge in [0.15, 0.2) is 0 Å². The second kappa shape index (κ2) is 10.5. The van der Waals surface area contributed by atoms with Gasteiger partial charge in [0, 0.05) is 28.1 Å². The molecule has 1 aromatic heterocycles. The summed E-state index contributed by atoms with van der Waals surface area (Å²) < 4.78 is 18.4. The van der Waals surface area contributed by atoms with Gasteiger partial charge in [0.2, 0.25) is 0 Å². The quantitative estimate of drug-likeness (QED) is 0.313. The summed E-state index contributed by atoms with van der Waals surface area (Å²) in [7, 11) is 4.73. The minimum atomic E-state index is -0.895. The Hall–Kier alpha value is -3.97. The third-order valence-corrected chi connectivity index (χ3v) is 5.92. The molecule has 35 heavy (non-hydrogen) atoms. The van der Waals surface area contributed by atoms with Gasteiger partial charge < -0.3 is 19.3 Å². The summed E-state index contributed by atoms with van der Waals surface area (Å²) in [5.74, 6) is 0.953. The number of benzene rings is 3. The minimum absolute atomic E-state index is 0.0491. The molecule has 0 amide bonds. The lowest BCUT2D eigenvalue weighted by molar-refractivity contribution is -0.136. The van der Waals surface area contributed by atoms with Gasteiger partial charge in [-0.3, -0.25) is 4.79 Å². The third kappa shape index (κ3) is 5.10. The standard InChI is InChI=1S/C27H25ClN2O5/c1-33-20-10-8-19(9-11-20)30-24(17-4-6-18(28)7-5-17)16-23(29-30)21-12-14-25(34-2)22(27(21)35-3)13-15-26(31)32/h4-12,14,16H,13,15H2,1-3H3,(H,31,32). The largest absolute Gasteiger partial charge is 0.497 e. The van der Waals surface area contributed by atoms with E-state index in [0.717, 1.165) is 28.3 Å². The van der Waals surface area contributed by atoms with E-state index in [0.29, 0.717) is 27.8 Å². The van der Waals surface area contributed by atoms with E-state index >= 15 is 0 Å². The van der Waals surface area contributed by atoms with Crippen LogP contribution in [0.1, 0.15) is 12.0 Å². The number of aliphatic carboxylic acids is 1. The molecule has 0 atom stereocenters. The molecule has 3 aromatic carbocycles. The molecule has 0 aliphatic heterocycles. The molecule has 0 saturated heterocycles. The lowest BCUT2D eigenvalue weighted by Crippen LogP contribution is -2.03. The van der Waals surface area contributed by atoms with E-state index in [4.69, 9.17) is 30.9 Å². The van der Waals surface area contributed by atoms with Crippen LogP contribution in [0.4, 0.5) is 0 Å². The predicted octanol–water partition coefficient (Wildman–Crippen LogP) is 5.90. The van der Waals surface area contributed by atoms with E-state index in [1.165, 1.54) is 0 Å². The first-order valence-corrected chi connectivity index (χ1v) is 11.3. The summed E-state index contributed by atoms with van der Waals surface area (Å²) in [6.45, 7) is 0. The smallest absolute Gasteiger partial charge is 0.303 e. The Kier molecular flexibility index (Phi) is 7.27. The Balaban J connectivity index is 1.89. The maximum Gasteiger partial charge on any atom is 0.303 e. The van der Waals surface area contributed by atoms with E-state index in [-0.39, 0.29) is 12.8 Å². The van der Waals surface area contributed by atoms with E-state index in [1.54, 1.807) is 21.3 Å². The highest BCUT2D eigenvalue weighted by molar-refractivity contribution is 6.30. The molecule has 0 bridgehead atoms. The molecule has 0 unspecified atom stereocenters. The van der Waals surface area contributed by atoms with Gasteiger partial charge in [0.25, 0.3) is 0 Å². The Labute approximate surface area is 208 Å². The number of hydrogen-bond acceptors (Lipinski definition) is 5. The number of ether oxygens (including phenoxy) is 3. The molecule has 0 saturated carbocycles. The van der Waals surface area contributed by atoms with Crippen LogP contribution in [-0.4, -0.2) is 42.2 Å². The van der Waals surface area contributed by atoms with Crippen LogP contribution >= 0.6 is 11.6 Å². The fraction of sp³-hybridized carbons (Fsp3) is 0.185. The van der Waals surface area contributed by atoms with Gasteiger partial charge in [-0.15, -0.1) is 0 Å². The average Bonchev–Trinajstić information content (AvgIpc) is 3.32. The zero-order chi connectivity index (χ0) is 24.9. The van der Waals surface area contributed by atoms with E-state index in [1.807, 2.05) is 71.4 Å². The zero-order valence-corrected chi connectivity index (χ0v) is 20.4. The van der Waals surface area contributed by atoms with Crippen LogP contribution < -0.4 is 14.2 Å². The topological polar surface area (TPSA) is 82.8 Å². The lowest BCUT2D eigenvalue weighted by atomic mass is 10.0. The van der Waals surface area contributed by atoms with Gasteiger partial charge in [-0.05, 0) is 61.0 Å². The highest BCUT2D eigenvalue weighted by Gasteiger charge is 2.21.